The first-order valence-corrected chi connectivity index (χ1v) is 6.00. The quantitative estimate of drug-likeness (QED) is 0.816. The van der Waals surface area contributed by atoms with Crippen LogP contribution in [0, 0.1) is 0 Å². The lowest BCUT2D eigenvalue weighted by atomic mass is 10.2. The summed E-state index contributed by atoms with van der Waals surface area (Å²) in [6.07, 6.45) is -0.216. The molecule has 0 bridgehead atoms. The van der Waals surface area contributed by atoms with Crippen molar-refractivity contribution in [2.75, 3.05) is 14.2 Å². The standard InChI is InChI=1S/C12H18BrNO2/c1-9(12(15-2)16-3)14-8-10-5-4-6-11(13)7-10/h4-7,9,12,14H,8H2,1-3H3. The van der Waals surface area contributed by atoms with Crippen molar-refractivity contribution in [2.24, 2.45) is 0 Å². The predicted octanol–water partition coefficient (Wildman–Crippen LogP) is 2.55. The molecule has 4 heteroatoms. The summed E-state index contributed by atoms with van der Waals surface area (Å²) in [6.45, 7) is 2.83. The smallest absolute Gasteiger partial charge is 0.171 e. The summed E-state index contributed by atoms with van der Waals surface area (Å²) in [6, 6.07) is 8.36. The molecule has 0 heterocycles. The number of ether oxygens (including phenoxy) is 2. The topological polar surface area (TPSA) is 30.5 Å². The van der Waals surface area contributed by atoms with Crippen molar-refractivity contribution in [3.8, 4) is 0 Å². The van der Waals surface area contributed by atoms with Gasteiger partial charge in [-0.2, -0.15) is 0 Å². The zero-order valence-corrected chi connectivity index (χ0v) is 11.5. The Kier molecular flexibility index (Phi) is 5.98. The molecule has 1 rings (SSSR count). The second kappa shape index (κ2) is 7.01. The van der Waals surface area contributed by atoms with Crippen LogP contribution in [0.25, 0.3) is 0 Å². The molecule has 3 nitrogen and oxygen atoms in total. The van der Waals surface area contributed by atoms with Crippen molar-refractivity contribution < 1.29 is 9.47 Å². The van der Waals surface area contributed by atoms with Gasteiger partial charge in [-0.15, -0.1) is 0 Å². The number of benzene rings is 1. The van der Waals surface area contributed by atoms with Crippen molar-refractivity contribution in [3.05, 3.63) is 34.3 Å². The van der Waals surface area contributed by atoms with Gasteiger partial charge in [-0.1, -0.05) is 28.1 Å². The van der Waals surface area contributed by atoms with E-state index in [1.165, 1.54) is 5.56 Å². The lowest BCUT2D eigenvalue weighted by Crippen LogP contribution is -2.39. The summed E-state index contributed by atoms with van der Waals surface area (Å²) < 4.78 is 11.5. The molecule has 0 aliphatic carbocycles. The summed E-state index contributed by atoms with van der Waals surface area (Å²) in [7, 11) is 3.29. The molecule has 1 unspecified atom stereocenters. The van der Waals surface area contributed by atoms with Gasteiger partial charge in [0.2, 0.25) is 0 Å². The number of methoxy groups -OCH3 is 2. The minimum absolute atomic E-state index is 0.147. The number of halogens is 1. The SMILES string of the molecule is COC(OC)C(C)NCc1cccc(Br)c1. The Hall–Kier alpha value is -0.420. The summed E-state index contributed by atoms with van der Waals surface area (Å²) in [5, 5.41) is 3.36. The molecule has 1 aromatic rings. The molecule has 1 N–H and O–H groups in total. The van der Waals surface area contributed by atoms with Crippen molar-refractivity contribution in [2.45, 2.75) is 25.8 Å². The summed E-state index contributed by atoms with van der Waals surface area (Å²) in [5.74, 6) is 0. The van der Waals surface area contributed by atoms with Gasteiger partial charge >= 0.3 is 0 Å². The Morgan fingerprint density at radius 2 is 2.00 bits per heavy atom. The maximum absolute atomic E-state index is 5.18. The van der Waals surface area contributed by atoms with Crippen molar-refractivity contribution in [1.82, 2.24) is 5.32 Å². The number of nitrogens with one attached hydrogen (secondary N) is 1. The van der Waals surface area contributed by atoms with E-state index < -0.39 is 0 Å². The van der Waals surface area contributed by atoms with Crippen molar-refractivity contribution >= 4 is 15.9 Å². The van der Waals surface area contributed by atoms with E-state index in [2.05, 4.69) is 33.4 Å². The van der Waals surface area contributed by atoms with Gasteiger partial charge in [0.25, 0.3) is 0 Å². The van der Waals surface area contributed by atoms with Crippen LogP contribution in [0.3, 0.4) is 0 Å². The van der Waals surface area contributed by atoms with Gasteiger partial charge in [-0.05, 0) is 24.6 Å². The second-order valence-corrected chi connectivity index (χ2v) is 4.55. The molecule has 0 saturated carbocycles. The highest BCUT2D eigenvalue weighted by molar-refractivity contribution is 9.10. The molecule has 0 aromatic heterocycles. The molecule has 1 aromatic carbocycles. The fourth-order valence-corrected chi connectivity index (χ4v) is 1.97. The van der Waals surface area contributed by atoms with E-state index in [1.54, 1.807) is 14.2 Å². The third-order valence-corrected chi connectivity index (χ3v) is 2.88. The minimum Gasteiger partial charge on any atom is -0.354 e. The fourth-order valence-electron chi connectivity index (χ4n) is 1.53. The molecule has 0 radical (unpaired) electrons. The van der Waals surface area contributed by atoms with Gasteiger partial charge in [0.1, 0.15) is 0 Å². The molecule has 0 aliphatic rings. The van der Waals surface area contributed by atoms with E-state index in [9.17, 15) is 0 Å². The normalized spacial score (nSPS) is 13.1. The van der Waals surface area contributed by atoms with Gasteiger partial charge < -0.3 is 14.8 Å². The first-order chi connectivity index (χ1) is 7.67. The summed E-state index contributed by atoms with van der Waals surface area (Å²) >= 11 is 3.45. The number of hydrogen-bond acceptors (Lipinski definition) is 3. The number of hydrogen-bond donors (Lipinski definition) is 1. The molecule has 16 heavy (non-hydrogen) atoms. The van der Waals surface area contributed by atoms with Crippen LogP contribution in [0.15, 0.2) is 28.7 Å². The van der Waals surface area contributed by atoms with Gasteiger partial charge in [-0.25, -0.2) is 0 Å². The summed E-state index contributed by atoms with van der Waals surface area (Å²) in [4.78, 5) is 0. The van der Waals surface area contributed by atoms with E-state index >= 15 is 0 Å². The Labute approximate surface area is 105 Å². The van der Waals surface area contributed by atoms with Gasteiger partial charge in [-0.3, -0.25) is 0 Å². The van der Waals surface area contributed by atoms with E-state index in [0.717, 1.165) is 11.0 Å². The van der Waals surface area contributed by atoms with Crippen LogP contribution in [0.2, 0.25) is 0 Å². The highest BCUT2D eigenvalue weighted by atomic mass is 79.9. The molecule has 0 spiro atoms. The third-order valence-electron chi connectivity index (χ3n) is 2.39. The number of rotatable bonds is 6. The van der Waals surface area contributed by atoms with Gasteiger partial charge in [0, 0.05) is 25.2 Å². The maximum atomic E-state index is 5.18. The molecular weight excluding hydrogens is 270 g/mol. The highest BCUT2D eigenvalue weighted by Gasteiger charge is 2.14. The van der Waals surface area contributed by atoms with Crippen LogP contribution in [0.4, 0.5) is 0 Å². The van der Waals surface area contributed by atoms with E-state index in [-0.39, 0.29) is 12.3 Å². The molecular formula is C12H18BrNO2. The minimum atomic E-state index is -0.216. The van der Waals surface area contributed by atoms with E-state index in [0.29, 0.717) is 0 Å². The molecule has 0 fully saturated rings. The van der Waals surface area contributed by atoms with Crippen LogP contribution in [0.5, 0.6) is 0 Å². The molecule has 0 saturated heterocycles. The lowest BCUT2D eigenvalue weighted by Gasteiger charge is -2.22. The second-order valence-electron chi connectivity index (χ2n) is 3.64. The first-order valence-electron chi connectivity index (χ1n) is 5.20. The zero-order chi connectivity index (χ0) is 12.0. The van der Waals surface area contributed by atoms with Crippen LogP contribution < -0.4 is 5.32 Å². The monoisotopic (exact) mass is 287 g/mol. The highest BCUT2D eigenvalue weighted by Crippen LogP contribution is 2.11. The average Bonchev–Trinajstić information content (AvgIpc) is 2.28. The van der Waals surface area contributed by atoms with Gasteiger partial charge in [0.05, 0.1) is 6.04 Å². The Balaban J connectivity index is 2.45. The van der Waals surface area contributed by atoms with Crippen LogP contribution >= 0.6 is 15.9 Å². The van der Waals surface area contributed by atoms with Crippen molar-refractivity contribution in [1.29, 1.82) is 0 Å². The van der Waals surface area contributed by atoms with Crippen LogP contribution in [-0.4, -0.2) is 26.6 Å². The van der Waals surface area contributed by atoms with E-state index in [1.807, 2.05) is 19.1 Å². The Morgan fingerprint density at radius 3 is 2.56 bits per heavy atom. The maximum Gasteiger partial charge on any atom is 0.171 e. The zero-order valence-electron chi connectivity index (χ0n) is 9.87. The van der Waals surface area contributed by atoms with E-state index in [4.69, 9.17) is 9.47 Å². The Morgan fingerprint density at radius 1 is 1.31 bits per heavy atom. The molecule has 0 amide bonds. The Bertz CT molecular complexity index is 316. The fraction of sp³-hybridized carbons (Fsp3) is 0.500. The first kappa shape index (κ1) is 13.6. The van der Waals surface area contributed by atoms with Crippen LogP contribution in [0.1, 0.15) is 12.5 Å². The van der Waals surface area contributed by atoms with Crippen LogP contribution in [-0.2, 0) is 16.0 Å². The molecule has 1 atom stereocenters. The molecule has 90 valence electrons. The largest absolute Gasteiger partial charge is 0.354 e. The van der Waals surface area contributed by atoms with Gasteiger partial charge in [0.15, 0.2) is 6.29 Å². The lowest BCUT2D eigenvalue weighted by molar-refractivity contribution is -0.119. The predicted molar refractivity (Wildman–Crippen MR) is 68.2 cm³/mol. The third kappa shape index (κ3) is 4.22. The molecule has 0 aliphatic heterocycles. The van der Waals surface area contributed by atoms with Crippen molar-refractivity contribution in [3.63, 3.8) is 0 Å². The average molecular weight is 288 g/mol. The summed E-state index contributed by atoms with van der Waals surface area (Å²) in [5.41, 5.74) is 1.23.